The number of hydrogen-bond donors (Lipinski definition) is 1. The van der Waals surface area contributed by atoms with Crippen LogP contribution in [0.3, 0.4) is 0 Å². The van der Waals surface area contributed by atoms with E-state index in [0.29, 0.717) is 10.7 Å². The molecule has 0 radical (unpaired) electrons. The molecule has 0 aliphatic carbocycles. The summed E-state index contributed by atoms with van der Waals surface area (Å²) < 4.78 is 25.0. The summed E-state index contributed by atoms with van der Waals surface area (Å²) in [5, 5.41) is 16.3. The number of nitro benzene ring substituents is 1. The molecule has 0 aliphatic heterocycles. The number of hydrogen-bond acceptors (Lipinski definition) is 8. The fraction of sp³-hybridized carbons (Fsp3) is 0.438. The van der Waals surface area contributed by atoms with Gasteiger partial charge in [0.1, 0.15) is 0 Å². The number of anilines is 1. The highest BCUT2D eigenvalue weighted by atomic mass is 32.1. The highest BCUT2D eigenvalue weighted by Crippen LogP contribution is 2.62. The molecule has 1 heterocycles. The zero-order valence-corrected chi connectivity index (χ0v) is 16.7. The lowest BCUT2D eigenvalue weighted by Crippen LogP contribution is -2.19. The maximum Gasteiger partial charge on any atom is 0.357 e. The molecule has 2 rings (SSSR count). The largest absolute Gasteiger partial charge is 0.357 e. The SMILES string of the molecule is CC(C)OP(=O)(OC(C)C)C(Nc1nccs1)c1ccc([N+](=O)[O-])cc1. The summed E-state index contributed by atoms with van der Waals surface area (Å²) in [6, 6.07) is 5.81. The van der Waals surface area contributed by atoms with Gasteiger partial charge in [-0.15, -0.1) is 11.3 Å². The number of nitro groups is 1. The first kappa shape index (κ1) is 20.5. The van der Waals surface area contributed by atoms with Crippen LogP contribution in [-0.4, -0.2) is 22.1 Å². The molecule has 1 aromatic heterocycles. The van der Waals surface area contributed by atoms with Crippen molar-refractivity contribution in [3.8, 4) is 0 Å². The molecule has 0 bridgehead atoms. The van der Waals surface area contributed by atoms with E-state index in [1.165, 1.54) is 23.5 Å². The van der Waals surface area contributed by atoms with Gasteiger partial charge < -0.3 is 14.4 Å². The molecular weight excluding hydrogens is 377 g/mol. The van der Waals surface area contributed by atoms with Crippen LogP contribution in [0.15, 0.2) is 35.8 Å². The van der Waals surface area contributed by atoms with E-state index in [1.807, 2.05) is 0 Å². The Bertz CT molecular complexity index is 751. The van der Waals surface area contributed by atoms with Crippen molar-refractivity contribution in [1.29, 1.82) is 0 Å². The molecule has 0 saturated heterocycles. The normalized spacial score (nSPS) is 13.2. The lowest BCUT2D eigenvalue weighted by molar-refractivity contribution is -0.384. The second-order valence-electron chi connectivity index (χ2n) is 6.08. The molecule has 0 spiro atoms. The van der Waals surface area contributed by atoms with Gasteiger partial charge in [0.05, 0.1) is 17.1 Å². The Morgan fingerprint density at radius 2 is 1.73 bits per heavy atom. The van der Waals surface area contributed by atoms with Crippen LogP contribution >= 0.6 is 18.9 Å². The summed E-state index contributed by atoms with van der Waals surface area (Å²) >= 11 is 1.35. The Balaban J connectivity index is 2.46. The predicted molar refractivity (Wildman–Crippen MR) is 102 cm³/mol. The van der Waals surface area contributed by atoms with Gasteiger partial charge in [0.25, 0.3) is 5.69 Å². The number of nitrogens with zero attached hydrogens (tertiary/aromatic N) is 2. The van der Waals surface area contributed by atoms with Crippen LogP contribution in [0.25, 0.3) is 0 Å². The van der Waals surface area contributed by atoms with Gasteiger partial charge in [0.15, 0.2) is 10.9 Å². The quantitative estimate of drug-likeness (QED) is 0.351. The van der Waals surface area contributed by atoms with Crippen LogP contribution in [0.4, 0.5) is 10.8 Å². The fourth-order valence-electron chi connectivity index (χ4n) is 2.27. The van der Waals surface area contributed by atoms with E-state index in [4.69, 9.17) is 9.05 Å². The van der Waals surface area contributed by atoms with Crippen molar-refractivity contribution < 1.29 is 18.5 Å². The Labute approximate surface area is 156 Å². The first-order valence-electron chi connectivity index (χ1n) is 8.08. The van der Waals surface area contributed by atoms with Crippen LogP contribution in [0.5, 0.6) is 0 Å². The second kappa shape index (κ2) is 8.73. The summed E-state index contributed by atoms with van der Waals surface area (Å²) in [6.45, 7) is 7.08. The zero-order chi connectivity index (χ0) is 19.3. The van der Waals surface area contributed by atoms with Crippen LogP contribution in [0, 0.1) is 10.1 Å². The minimum atomic E-state index is -3.66. The Hall–Kier alpha value is -1.80. The standard InChI is InChI=1S/C16H22N3O5PS/c1-11(2)23-25(22,24-12(3)4)15(18-16-17-9-10-26-16)13-5-7-14(8-6-13)19(20)21/h5-12,15H,1-4H3,(H,17,18). The number of non-ortho nitro benzene ring substituents is 1. The molecule has 10 heteroatoms. The van der Waals surface area contributed by atoms with Crippen molar-refractivity contribution in [2.45, 2.75) is 45.7 Å². The maximum atomic E-state index is 13.6. The van der Waals surface area contributed by atoms with Gasteiger partial charge >= 0.3 is 7.60 Å². The molecule has 2 aromatic rings. The first-order valence-corrected chi connectivity index (χ1v) is 10.6. The Morgan fingerprint density at radius 1 is 1.15 bits per heavy atom. The first-order chi connectivity index (χ1) is 12.2. The number of aromatic nitrogens is 1. The molecular formula is C16H22N3O5PS. The van der Waals surface area contributed by atoms with Gasteiger partial charge in [-0.2, -0.15) is 0 Å². The molecule has 1 unspecified atom stereocenters. The summed E-state index contributed by atoms with van der Waals surface area (Å²) in [6.07, 6.45) is 0.952. The minimum Gasteiger partial charge on any atom is -0.344 e. The van der Waals surface area contributed by atoms with E-state index in [0.717, 1.165) is 0 Å². The monoisotopic (exact) mass is 399 g/mol. The van der Waals surface area contributed by atoms with Crippen molar-refractivity contribution in [3.05, 3.63) is 51.5 Å². The van der Waals surface area contributed by atoms with Gasteiger partial charge in [-0.05, 0) is 45.4 Å². The molecule has 0 fully saturated rings. The van der Waals surface area contributed by atoms with Gasteiger partial charge in [-0.25, -0.2) is 4.98 Å². The average Bonchev–Trinajstić information content (AvgIpc) is 3.04. The number of thiazole rings is 1. The van der Waals surface area contributed by atoms with E-state index < -0.39 is 18.3 Å². The summed E-state index contributed by atoms with van der Waals surface area (Å²) in [4.78, 5) is 14.6. The molecule has 0 saturated carbocycles. The van der Waals surface area contributed by atoms with Gasteiger partial charge in [-0.1, -0.05) is 0 Å². The van der Waals surface area contributed by atoms with Crippen molar-refractivity contribution in [1.82, 2.24) is 4.98 Å². The van der Waals surface area contributed by atoms with Gasteiger partial charge in [0, 0.05) is 23.7 Å². The van der Waals surface area contributed by atoms with Crippen LogP contribution in [0.1, 0.15) is 39.0 Å². The van der Waals surface area contributed by atoms with Crippen molar-refractivity contribution in [2.24, 2.45) is 0 Å². The van der Waals surface area contributed by atoms with E-state index in [1.54, 1.807) is 51.4 Å². The molecule has 0 aliphatic rings. The average molecular weight is 399 g/mol. The van der Waals surface area contributed by atoms with Crippen molar-refractivity contribution in [3.63, 3.8) is 0 Å². The Morgan fingerprint density at radius 3 is 2.15 bits per heavy atom. The van der Waals surface area contributed by atoms with Crippen molar-refractivity contribution >= 4 is 29.8 Å². The Kier molecular flexibility index (Phi) is 6.88. The lowest BCUT2D eigenvalue weighted by atomic mass is 10.2. The molecule has 26 heavy (non-hydrogen) atoms. The van der Waals surface area contributed by atoms with Crippen LogP contribution < -0.4 is 5.32 Å². The molecule has 1 atom stereocenters. The van der Waals surface area contributed by atoms with E-state index in [2.05, 4.69) is 10.3 Å². The molecule has 1 N–H and O–H groups in total. The lowest BCUT2D eigenvalue weighted by Gasteiger charge is -2.30. The van der Waals surface area contributed by atoms with Crippen LogP contribution in [-0.2, 0) is 13.6 Å². The summed E-state index contributed by atoms with van der Waals surface area (Å²) in [7, 11) is -3.66. The highest BCUT2D eigenvalue weighted by molar-refractivity contribution is 7.54. The number of rotatable bonds is 9. The summed E-state index contributed by atoms with van der Waals surface area (Å²) in [5.41, 5.74) is 0.501. The zero-order valence-electron chi connectivity index (χ0n) is 15.0. The van der Waals surface area contributed by atoms with Gasteiger partial charge in [0.2, 0.25) is 0 Å². The topological polar surface area (TPSA) is 104 Å². The van der Waals surface area contributed by atoms with E-state index in [-0.39, 0.29) is 17.9 Å². The second-order valence-corrected chi connectivity index (χ2v) is 8.99. The number of nitrogens with one attached hydrogen (secondary N) is 1. The molecule has 0 amide bonds. The minimum absolute atomic E-state index is 0.0499. The summed E-state index contributed by atoms with van der Waals surface area (Å²) in [5.74, 6) is -0.848. The third-order valence-corrected chi connectivity index (χ3v) is 6.34. The fourth-order valence-corrected chi connectivity index (χ4v) is 5.20. The predicted octanol–water partition coefficient (Wildman–Crippen LogP) is 5.21. The molecule has 8 nitrogen and oxygen atoms in total. The van der Waals surface area contributed by atoms with E-state index in [9.17, 15) is 14.7 Å². The third kappa shape index (κ3) is 5.35. The van der Waals surface area contributed by atoms with E-state index >= 15 is 0 Å². The highest BCUT2D eigenvalue weighted by Gasteiger charge is 2.40. The molecule has 142 valence electrons. The van der Waals surface area contributed by atoms with Crippen LogP contribution in [0.2, 0.25) is 0 Å². The maximum absolute atomic E-state index is 13.6. The number of benzene rings is 1. The van der Waals surface area contributed by atoms with Crippen molar-refractivity contribution in [2.75, 3.05) is 5.32 Å². The third-order valence-electron chi connectivity index (χ3n) is 3.14. The molecule has 1 aromatic carbocycles. The smallest absolute Gasteiger partial charge is 0.344 e. The van der Waals surface area contributed by atoms with Gasteiger partial charge in [-0.3, -0.25) is 14.7 Å².